The van der Waals surface area contributed by atoms with Gasteiger partial charge in [-0.15, -0.1) is 11.3 Å². The largest absolute Gasteiger partial charge is 0.388 e. The van der Waals surface area contributed by atoms with E-state index in [0.29, 0.717) is 6.61 Å². The molecule has 0 aliphatic carbocycles. The summed E-state index contributed by atoms with van der Waals surface area (Å²) in [5.41, 5.74) is 2.34. The average Bonchev–Trinajstić information content (AvgIpc) is 3.16. The molecular formula is C18H22N2O3S. The second-order valence-corrected chi connectivity index (χ2v) is 6.99. The zero-order chi connectivity index (χ0) is 16.9. The number of aryl methyl sites for hydroxylation is 1. The molecule has 1 fully saturated rings. The summed E-state index contributed by atoms with van der Waals surface area (Å²) in [7, 11) is 0. The van der Waals surface area contributed by atoms with Gasteiger partial charge in [0.05, 0.1) is 31.4 Å². The summed E-state index contributed by atoms with van der Waals surface area (Å²) in [5, 5.41) is 17.7. The van der Waals surface area contributed by atoms with Crippen molar-refractivity contribution in [2.45, 2.75) is 31.5 Å². The fourth-order valence-corrected chi connectivity index (χ4v) is 3.83. The van der Waals surface area contributed by atoms with Gasteiger partial charge >= 0.3 is 6.03 Å². The fraction of sp³-hybridized carbons (Fsp3) is 0.389. The van der Waals surface area contributed by atoms with Crippen molar-refractivity contribution in [2.24, 2.45) is 0 Å². The van der Waals surface area contributed by atoms with Crippen LogP contribution in [0.1, 0.15) is 22.0 Å². The first-order valence-electron chi connectivity index (χ1n) is 8.04. The Morgan fingerprint density at radius 1 is 1.33 bits per heavy atom. The van der Waals surface area contributed by atoms with E-state index >= 15 is 0 Å². The van der Waals surface area contributed by atoms with Gasteiger partial charge in [0.1, 0.15) is 0 Å². The van der Waals surface area contributed by atoms with Gasteiger partial charge in [0, 0.05) is 4.88 Å². The standard InChI is InChI=1S/C18H22N2O3S/c1-12-7-8-24-17(12)14(9-13-5-3-2-4-6-13)19-18(22)20-15-10-23-11-16(15)21/h2-8,14-16,21H,9-11H2,1H3,(H2,19,20,22)/t14-,15+,16+/m0/s1. The van der Waals surface area contributed by atoms with Gasteiger partial charge in [0.2, 0.25) is 0 Å². The average molecular weight is 346 g/mol. The van der Waals surface area contributed by atoms with E-state index in [0.717, 1.165) is 11.3 Å². The van der Waals surface area contributed by atoms with Crippen molar-refractivity contribution in [1.29, 1.82) is 0 Å². The molecule has 0 bridgehead atoms. The normalized spacial score (nSPS) is 21.4. The third kappa shape index (κ3) is 4.14. The third-order valence-electron chi connectivity index (χ3n) is 4.17. The van der Waals surface area contributed by atoms with Crippen LogP contribution in [0.15, 0.2) is 41.8 Å². The lowest BCUT2D eigenvalue weighted by Gasteiger charge is -2.21. The Morgan fingerprint density at radius 2 is 2.12 bits per heavy atom. The van der Waals surface area contributed by atoms with Gasteiger partial charge in [-0.2, -0.15) is 0 Å². The van der Waals surface area contributed by atoms with Gasteiger partial charge in [-0.1, -0.05) is 30.3 Å². The molecule has 3 atom stereocenters. The maximum Gasteiger partial charge on any atom is 0.315 e. The molecule has 2 amide bonds. The van der Waals surface area contributed by atoms with Crippen molar-refractivity contribution in [3.63, 3.8) is 0 Å². The van der Waals surface area contributed by atoms with Gasteiger partial charge in [0.15, 0.2) is 0 Å². The first kappa shape index (κ1) is 17.0. The third-order valence-corrected chi connectivity index (χ3v) is 5.31. The number of urea groups is 1. The number of ether oxygens (including phenoxy) is 1. The Hall–Kier alpha value is -1.89. The zero-order valence-corrected chi connectivity index (χ0v) is 14.4. The maximum atomic E-state index is 12.4. The molecule has 6 heteroatoms. The quantitative estimate of drug-likeness (QED) is 0.778. The van der Waals surface area contributed by atoms with Crippen LogP contribution >= 0.6 is 11.3 Å². The lowest BCUT2D eigenvalue weighted by molar-refractivity contribution is 0.122. The minimum absolute atomic E-state index is 0.105. The van der Waals surface area contributed by atoms with Gasteiger partial charge < -0.3 is 20.5 Å². The van der Waals surface area contributed by atoms with E-state index in [1.54, 1.807) is 11.3 Å². The van der Waals surface area contributed by atoms with Crippen LogP contribution in [-0.4, -0.2) is 36.5 Å². The first-order chi connectivity index (χ1) is 11.6. The van der Waals surface area contributed by atoms with Crippen LogP contribution < -0.4 is 10.6 Å². The van der Waals surface area contributed by atoms with Gasteiger partial charge in [-0.25, -0.2) is 4.79 Å². The smallest absolute Gasteiger partial charge is 0.315 e. The van der Waals surface area contributed by atoms with Gasteiger partial charge in [-0.3, -0.25) is 0 Å². The number of amides is 2. The first-order valence-corrected chi connectivity index (χ1v) is 8.92. The van der Waals surface area contributed by atoms with E-state index in [1.807, 2.05) is 23.6 Å². The molecule has 24 heavy (non-hydrogen) atoms. The van der Waals surface area contributed by atoms with Crippen LogP contribution in [0, 0.1) is 6.92 Å². The molecule has 3 N–H and O–H groups in total. The van der Waals surface area contributed by atoms with E-state index in [9.17, 15) is 9.90 Å². The van der Waals surface area contributed by atoms with Gasteiger partial charge in [-0.05, 0) is 35.9 Å². The molecule has 0 saturated carbocycles. The fourth-order valence-electron chi connectivity index (χ4n) is 2.85. The minimum Gasteiger partial charge on any atom is -0.388 e. The number of benzene rings is 1. The number of hydrogen-bond donors (Lipinski definition) is 3. The predicted octanol–water partition coefficient (Wildman–Crippen LogP) is 2.40. The van der Waals surface area contributed by atoms with Crippen LogP contribution in [0.2, 0.25) is 0 Å². The summed E-state index contributed by atoms with van der Waals surface area (Å²) in [6.07, 6.45) is 0.0751. The van der Waals surface area contributed by atoms with Crippen molar-refractivity contribution in [3.8, 4) is 0 Å². The molecule has 128 valence electrons. The number of carbonyl (C=O) groups is 1. The number of nitrogens with one attached hydrogen (secondary N) is 2. The molecular weight excluding hydrogens is 324 g/mol. The summed E-state index contributed by atoms with van der Waals surface area (Å²) in [6.45, 7) is 2.66. The van der Waals surface area contributed by atoms with Crippen molar-refractivity contribution in [1.82, 2.24) is 10.6 Å². The van der Waals surface area contributed by atoms with Crippen LogP contribution in [-0.2, 0) is 11.2 Å². The van der Waals surface area contributed by atoms with Crippen LogP contribution in [0.3, 0.4) is 0 Å². The number of aliphatic hydroxyl groups is 1. The van der Waals surface area contributed by atoms with Crippen LogP contribution in [0.25, 0.3) is 0 Å². The van der Waals surface area contributed by atoms with Crippen molar-refractivity contribution >= 4 is 17.4 Å². The maximum absolute atomic E-state index is 12.4. The molecule has 1 saturated heterocycles. The molecule has 0 spiro atoms. The molecule has 3 rings (SSSR count). The van der Waals surface area contributed by atoms with Crippen molar-refractivity contribution in [2.75, 3.05) is 13.2 Å². The monoisotopic (exact) mass is 346 g/mol. The second-order valence-electron chi connectivity index (χ2n) is 6.04. The predicted molar refractivity (Wildman–Crippen MR) is 94.2 cm³/mol. The molecule has 0 unspecified atom stereocenters. The summed E-state index contributed by atoms with van der Waals surface area (Å²) in [5.74, 6) is 0. The van der Waals surface area contributed by atoms with Crippen LogP contribution in [0.4, 0.5) is 4.79 Å². The summed E-state index contributed by atoms with van der Waals surface area (Å²) in [6, 6.07) is 11.4. The Labute approximate surface area is 145 Å². The second kappa shape index (κ2) is 7.79. The van der Waals surface area contributed by atoms with Crippen molar-refractivity contribution in [3.05, 3.63) is 57.8 Å². The highest BCUT2D eigenvalue weighted by atomic mass is 32.1. The lowest BCUT2D eigenvalue weighted by Crippen LogP contribution is -2.48. The van der Waals surface area contributed by atoms with E-state index in [-0.39, 0.29) is 24.7 Å². The Bertz CT molecular complexity index is 674. The highest BCUT2D eigenvalue weighted by Gasteiger charge is 2.28. The van der Waals surface area contributed by atoms with E-state index in [2.05, 4.69) is 35.8 Å². The minimum atomic E-state index is -0.646. The number of thiophene rings is 1. The Kier molecular flexibility index (Phi) is 5.50. The van der Waals surface area contributed by atoms with E-state index < -0.39 is 6.10 Å². The summed E-state index contributed by atoms with van der Waals surface area (Å²) >= 11 is 1.65. The topological polar surface area (TPSA) is 70.6 Å². The lowest BCUT2D eigenvalue weighted by atomic mass is 10.0. The summed E-state index contributed by atoms with van der Waals surface area (Å²) in [4.78, 5) is 13.5. The van der Waals surface area contributed by atoms with Crippen LogP contribution in [0.5, 0.6) is 0 Å². The molecule has 1 aliphatic heterocycles. The molecule has 1 aliphatic rings. The van der Waals surface area contributed by atoms with E-state index in [1.165, 1.54) is 11.1 Å². The van der Waals surface area contributed by atoms with E-state index in [4.69, 9.17) is 4.74 Å². The molecule has 1 aromatic carbocycles. The highest BCUT2D eigenvalue weighted by Crippen LogP contribution is 2.27. The number of carbonyl (C=O) groups excluding carboxylic acids is 1. The number of hydrogen-bond acceptors (Lipinski definition) is 4. The van der Waals surface area contributed by atoms with Crippen molar-refractivity contribution < 1.29 is 14.6 Å². The highest BCUT2D eigenvalue weighted by molar-refractivity contribution is 7.10. The number of rotatable bonds is 5. The number of aliphatic hydroxyl groups excluding tert-OH is 1. The molecule has 2 aromatic rings. The summed E-state index contributed by atoms with van der Waals surface area (Å²) < 4.78 is 5.17. The molecule has 0 radical (unpaired) electrons. The molecule has 5 nitrogen and oxygen atoms in total. The molecule has 2 heterocycles. The SMILES string of the molecule is Cc1ccsc1[C@H](Cc1ccccc1)NC(=O)N[C@@H]1COC[C@H]1O. The van der Waals surface area contributed by atoms with Gasteiger partial charge in [0.25, 0.3) is 0 Å². The Morgan fingerprint density at radius 3 is 2.75 bits per heavy atom. The zero-order valence-electron chi connectivity index (χ0n) is 13.6. The molecule has 1 aromatic heterocycles. The Balaban J connectivity index is 1.70.